The predicted octanol–water partition coefficient (Wildman–Crippen LogP) is 5.93. The van der Waals surface area contributed by atoms with E-state index in [9.17, 15) is 0 Å². The van der Waals surface area contributed by atoms with Crippen LogP contribution in [0.4, 0.5) is 0 Å². The molecule has 1 nitrogen and oxygen atoms in total. The van der Waals surface area contributed by atoms with Gasteiger partial charge >= 0.3 is 0 Å². The highest BCUT2D eigenvalue weighted by molar-refractivity contribution is 6.35. The van der Waals surface area contributed by atoms with E-state index in [1.807, 2.05) is 30.3 Å². The first-order valence-corrected chi connectivity index (χ1v) is 8.16. The van der Waals surface area contributed by atoms with Crippen LogP contribution in [-0.4, -0.2) is 6.54 Å². The summed E-state index contributed by atoms with van der Waals surface area (Å²) in [4.78, 5) is 0. The Bertz CT molecular complexity index is 598. The monoisotopic (exact) mass is 341 g/mol. The molecule has 0 bridgehead atoms. The molecule has 1 unspecified atom stereocenters. The van der Waals surface area contributed by atoms with E-state index in [0.29, 0.717) is 10.0 Å². The van der Waals surface area contributed by atoms with Gasteiger partial charge in [-0.3, -0.25) is 0 Å². The topological polar surface area (TPSA) is 12.0 Å². The highest BCUT2D eigenvalue weighted by Crippen LogP contribution is 2.27. The molecule has 0 aromatic heterocycles. The van der Waals surface area contributed by atoms with Gasteiger partial charge in [0.2, 0.25) is 0 Å². The average Bonchev–Trinajstić information content (AvgIpc) is 2.45. The number of benzene rings is 2. The number of rotatable bonds is 6. The lowest BCUT2D eigenvalue weighted by atomic mass is 9.98. The van der Waals surface area contributed by atoms with Crippen LogP contribution in [0, 0.1) is 0 Å². The molecule has 2 aromatic rings. The van der Waals surface area contributed by atoms with Crippen molar-refractivity contribution in [3.63, 3.8) is 0 Å². The van der Waals surface area contributed by atoms with Crippen molar-refractivity contribution in [3.05, 3.63) is 68.7 Å². The maximum absolute atomic E-state index is 6.29. The quantitative estimate of drug-likeness (QED) is 0.686. The molecule has 1 atom stereocenters. The first kappa shape index (κ1) is 16.6. The fraction of sp³-hybridized carbons (Fsp3) is 0.294. The Morgan fingerprint density at radius 3 is 2.43 bits per heavy atom. The summed E-state index contributed by atoms with van der Waals surface area (Å²) in [6.45, 7) is 3.10. The van der Waals surface area contributed by atoms with Gasteiger partial charge in [0.25, 0.3) is 0 Å². The zero-order chi connectivity index (χ0) is 15.2. The predicted molar refractivity (Wildman–Crippen MR) is 92.7 cm³/mol. The molecule has 0 aliphatic heterocycles. The van der Waals surface area contributed by atoms with Crippen LogP contribution in [0.5, 0.6) is 0 Å². The Morgan fingerprint density at radius 1 is 1.00 bits per heavy atom. The Hall–Kier alpha value is -0.730. The van der Waals surface area contributed by atoms with Gasteiger partial charge in [-0.05, 0) is 54.8 Å². The maximum Gasteiger partial charge on any atom is 0.0453 e. The molecule has 0 saturated heterocycles. The van der Waals surface area contributed by atoms with Crippen LogP contribution >= 0.6 is 34.8 Å². The molecule has 112 valence electrons. The Kier molecular flexibility index (Phi) is 6.38. The Balaban J connectivity index is 2.23. The standard InChI is InChI=1S/C17H18Cl3N/c1-2-8-21-17(13-4-3-5-14(18)9-13)10-12-6-7-15(19)11-16(12)20/h3-7,9,11,17,21H,2,8,10H2,1H3. The van der Waals surface area contributed by atoms with E-state index in [2.05, 4.69) is 18.3 Å². The van der Waals surface area contributed by atoms with E-state index < -0.39 is 0 Å². The molecule has 0 amide bonds. The third kappa shape index (κ3) is 4.89. The van der Waals surface area contributed by atoms with E-state index >= 15 is 0 Å². The first-order chi connectivity index (χ1) is 10.1. The zero-order valence-corrected chi connectivity index (χ0v) is 14.1. The molecule has 21 heavy (non-hydrogen) atoms. The van der Waals surface area contributed by atoms with Gasteiger partial charge in [-0.15, -0.1) is 0 Å². The molecule has 0 aliphatic carbocycles. The molecule has 0 spiro atoms. The van der Waals surface area contributed by atoms with Crippen molar-refractivity contribution in [3.8, 4) is 0 Å². The molecule has 0 fully saturated rings. The van der Waals surface area contributed by atoms with Gasteiger partial charge < -0.3 is 5.32 Å². The minimum Gasteiger partial charge on any atom is -0.310 e. The molecular weight excluding hydrogens is 325 g/mol. The lowest BCUT2D eigenvalue weighted by molar-refractivity contribution is 0.529. The Morgan fingerprint density at radius 2 is 1.76 bits per heavy atom. The summed E-state index contributed by atoms with van der Waals surface area (Å²) < 4.78 is 0. The summed E-state index contributed by atoms with van der Waals surface area (Å²) in [5.41, 5.74) is 2.25. The molecule has 4 heteroatoms. The maximum atomic E-state index is 6.29. The van der Waals surface area contributed by atoms with Gasteiger partial charge in [-0.2, -0.15) is 0 Å². The van der Waals surface area contributed by atoms with Crippen LogP contribution in [0.15, 0.2) is 42.5 Å². The molecule has 0 heterocycles. The molecule has 2 aromatic carbocycles. The molecule has 0 aliphatic rings. The van der Waals surface area contributed by atoms with Gasteiger partial charge in [-0.25, -0.2) is 0 Å². The summed E-state index contributed by atoms with van der Waals surface area (Å²) in [5, 5.41) is 5.66. The van der Waals surface area contributed by atoms with Crippen LogP contribution in [0.2, 0.25) is 15.1 Å². The fourth-order valence-electron chi connectivity index (χ4n) is 2.26. The number of halogens is 3. The largest absolute Gasteiger partial charge is 0.310 e. The van der Waals surface area contributed by atoms with E-state index in [1.54, 1.807) is 6.07 Å². The van der Waals surface area contributed by atoms with Crippen molar-refractivity contribution in [2.24, 2.45) is 0 Å². The second-order valence-corrected chi connectivity index (χ2v) is 6.28. The van der Waals surface area contributed by atoms with E-state index in [0.717, 1.165) is 30.0 Å². The smallest absolute Gasteiger partial charge is 0.0453 e. The number of hydrogen-bond acceptors (Lipinski definition) is 1. The van der Waals surface area contributed by atoms with E-state index in [1.165, 1.54) is 5.56 Å². The lowest BCUT2D eigenvalue weighted by Gasteiger charge is -2.20. The van der Waals surface area contributed by atoms with Gasteiger partial charge in [0.1, 0.15) is 0 Å². The van der Waals surface area contributed by atoms with Crippen LogP contribution in [0.25, 0.3) is 0 Å². The fourth-order valence-corrected chi connectivity index (χ4v) is 2.94. The number of hydrogen-bond donors (Lipinski definition) is 1. The highest BCUT2D eigenvalue weighted by atomic mass is 35.5. The summed E-state index contributed by atoms with van der Waals surface area (Å²) in [6, 6.07) is 13.8. The first-order valence-electron chi connectivity index (χ1n) is 7.03. The Labute approximate surface area is 141 Å². The molecule has 2 rings (SSSR count). The van der Waals surface area contributed by atoms with Gasteiger partial charge in [0, 0.05) is 21.1 Å². The highest BCUT2D eigenvalue weighted by Gasteiger charge is 2.14. The minimum atomic E-state index is 0.183. The average molecular weight is 343 g/mol. The summed E-state index contributed by atoms with van der Waals surface area (Å²) in [7, 11) is 0. The molecular formula is C17H18Cl3N. The van der Waals surface area contributed by atoms with Crippen molar-refractivity contribution in [2.75, 3.05) is 6.54 Å². The van der Waals surface area contributed by atoms with E-state index in [-0.39, 0.29) is 6.04 Å². The van der Waals surface area contributed by atoms with E-state index in [4.69, 9.17) is 34.8 Å². The summed E-state index contributed by atoms with van der Waals surface area (Å²) in [5.74, 6) is 0. The summed E-state index contributed by atoms with van der Waals surface area (Å²) >= 11 is 18.4. The third-order valence-electron chi connectivity index (χ3n) is 3.33. The normalized spacial score (nSPS) is 12.4. The van der Waals surface area contributed by atoms with Gasteiger partial charge in [-0.1, -0.05) is 59.9 Å². The van der Waals surface area contributed by atoms with Crippen molar-refractivity contribution in [2.45, 2.75) is 25.8 Å². The van der Waals surface area contributed by atoms with Crippen molar-refractivity contribution in [1.29, 1.82) is 0 Å². The van der Waals surface area contributed by atoms with Gasteiger partial charge in [0.15, 0.2) is 0 Å². The second-order valence-electron chi connectivity index (χ2n) is 5.00. The van der Waals surface area contributed by atoms with Crippen molar-refractivity contribution >= 4 is 34.8 Å². The van der Waals surface area contributed by atoms with Crippen LogP contribution in [0.1, 0.15) is 30.5 Å². The molecule has 1 N–H and O–H groups in total. The van der Waals surface area contributed by atoms with Crippen molar-refractivity contribution in [1.82, 2.24) is 5.32 Å². The second kappa shape index (κ2) is 8.05. The van der Waals surface area contributed by atoms with Crippen LogP contribution in [-0.2, 0) is 6.42 Å². The van der Waals surface area contributed by atoms with Crippen molar-refractivity contribution < 1.29 is 0 Å². The van der Waals surface area contributed by atoms with Gasteiger partial charge in [0.05, 0.1) is 0 Å². The SMILES string of the molecule is CCCNC(Cc1ccc(Cl)cc1Cl)c1cccc(Cl)c1. The van der Waals surface area contributed by atoms with Crippen LogP contribution < -0.4 is 5.32 Å². The summed E-state index contributed by atoms with van der Waals surface area (Å²) in [6.07, 6.45) is 1.88. The molecule has 0 radical (unpaired) electrons. The molecule has 0 saturated carbocycles. The number of nitrogens with one attached hydrogen (secondary N) is 1. The lowest BCUT2D eigenvalue weighted by Crippen LogP contribution is -2.24. The minimum absolute atomic E-state index is 0.183. The van der Waals surface area contributed by atoms with Crippen LogP contribution in [0.3, 0.4) is 0 Å². The zero-order valence-electron chi connectivity index (χ0n) is 11.9. The third-order valence-corrected chi connectivity index (χ3v) is 4.15.